The number of rotatable bonds is 5. The molecule has 1 saturated carbocycles. The predicted molar refractivity (Wildman–Crippen MR) is 107 cm³/mol. The van der Waals surface area contributed by atoms with E-state index < -0.39 is 0 Å². The van der Waals surface area contributed by atoms with E-state index in [9.17, 15) is 9.59 Å². The number of hydrogen-bond donors (Lipinski definition) is 2. The summed E-state index contributed by atoms with van der Waals surface area (Å²) in [5.74, 6) is 0.928. The van der Waals surface area contributed by atoms with Crippen LogP contribution in [0.5, 0.6) is 0 Å². The minimum atomic E-state index is -0.210. The molecule has 1 aromatic rings. The smallest absolute Gasteiger partial charge is 0.228 e. The molecule has 2 N–H and O–H groups in total. The summed E-state index contributed by atoms with van der Waals surface area (Å²) in [6, 6.07) is 8.17. The van der Waals surface area contributed by atoms with Crippen LogP contribution in [0.15, 0.2) is 24.3 Å². The Kier molecular flexibility index (Phi) is 6.43. The molecule has 6 heteroatoms. The lowest BCUT2D eigenvalue weighted by atomic mass is 9.67. The van der Waals surface area contributed by atoms with Crippen molar-refractivity contribution in [1.82, 2.24) is 15.5 Å². The first-order valence-corrected chi connectivity index (χ1v) is 10.0. The van der Waals surface area contributed by atoms with Gasteiger partial charge in [-0.05, 0) is 42.9 Å². The third-order valence-electron chi connectivity index (χ3n) is 6.58. The van der Waals surface area contributed by atoms with Gasteiger partial charge in [0.05, 0.1) is 5.41 Å². The Labute approximate surface area is 167 Å². The molecule has 2 saturated heterocycles. The van der Waals surface area contributed by atoms with Crippen molar-refractivity contribution in [3.63, 3.8) is 0 Å². The maximum absolute atomic E-state index is 13.1. The third-order valence-corrected chi connectivity index (χ3v) is 6.58. The fraction of sp³-hybridized carbons (Fsp3) is 0.619. The van der Waals surface area contributed by atoms with Gasteiger partial charge in [-0.1, -0.05) is 37.1 Å². The molecule has 0 bridgehead atoms. The molecule has 1 aliphatic carbocycles. The summed E-state index contributed by atoms with van der Waals surface area (Å²) < 4.78 is 0. The van der Waals surface area contributed by atoms with Crippen molar-refractivity contribution < 1.29 is 9.59 Å². The van der Waals surface area contributed by atoms with Crippen LogP contribution in [0.2, 0.25) is 0 Å². The molecular formula is C21H30ClN3O2. The summed E-state index contributed by atoms with van der Waals surface area (Å²) >= 11 is 0. The van der Waals surface area contributed by atoms with Crippen molar-refractivity contribution >= 4 is 24.2 Å². The predicted octanol–water partition coefficient (Wildman–Crippen LogP) is 2.63. The van der Waals surface area contributed by atoms with Crippen molar-refractivity contribution in [2.24, 2.45) is 11.3 Å². The highest BCUT2D eigenvalue weighted by Gasteiger charge is 2.49. The second-order valence-electron chi connectivity index (χ2n) is 8.10. The average Bonchev–Trinajstić information content (AvgIpc) is 3.28. The molecule has 0 radical (unpaired) electrons. The standard InChI is InChI=1S/C21H29N3O2.ClH/c25-19-9-5-11-24(19)14-17-7-2-1-6-16(17)12-23-20(26)21-10-4-3-8-18(21)13-22-15-21;/h1-2,6-7,18,22H,3-5,8-15H2,(H,23,26);1H/t18-,21+;/m0./s1. The highest BCUT2D eigenvalue weighted by molar-refractivity contribution is 5.85. The highest BCUT2D eigenvalue weighted by Crippen LogP contribution is 2.43. The van der Waals surface area contributed by atoms with E-state index in [1.54, 1.807) is 0 Å². The number of benzene rings is 1. The number of nitrogens with one attached hydrogen (secondary N) is 2. The molecule has 3 fully saturated rings. The van der Waals surface area contributed by atoms with Crippen LogP contribution in [0, 0.1) is 11.3 Å². The Hall–Kier alpha value is -1.59. The zero-order valence-electron chi connectivity index (χ0n) is 15.8. The molecule has 1 aromatic carbocycles. The Morgan fingerprint density at radius 1 is 1.22 bits per heavy atom. The van der Waals surface area contributed by atoms with E-state index in [2.05, 4.69) is 22.8 Å². The molecular weight excluding hydrogens is 362 g/mol. The Morgan fingerprint density at radius 2 is 2.04 bits per heavy atom. The van der Waals surface area contributed by atoms with Gasteiger partial charge in [0, 0.05) is 32.6 Å². The number of fused-ring (bicyclic) bond motifs is 1. The largest absolute Gasteiger partial charge is 0.351 e. The SMILES string of the molecule is Cl.O=C1CCCN1Cc1ccccc1CNC(=O)[C@@]12CCCC[C@H]1CNC2. The topological polar surface area (TPSA) is 61.4 Å². The lowest BCUT2D eigenvalue weighted by Crippen LogP contribution is -2.47. The summed E-state index contributed by atoms with van der Waals surface area (Å²) in [6.45, 7) is 3.83. The number of amides is 2. The van der Waals surface area contributed by atoms with Gasteiger partial charge in [-0.2, -0.15) is 0 Å². The van der Waals surface area contributed by atoms with Crippen LogP contribution in [0.4, 0.5) is 0 Å². The van der Waals surface area contributed by atoms with Crippen molar-refractivity contribution in [2.75, 3.05) is 19.6 Å². The fourth-order valence-corrected chi connectivity index (χ4v) is 5.00. The van der Waals surface area contributed by atoms with E-state index >= 15 is 0 Å². The monoisotopic (exact) mass is 391 g/mol. The van der Waals surface area contributed by atoms with Gasteiger partial charge >= 0.3 is 0 Å². The molecule has 0 aromatic heterocycles. The summed E-state index contributed by atoms with van der Waals surface area (Å²) in [5, 5.41) is 6.67. The second kappa shape index (κ2) is 8.61. The first-order valence-electron chi connectivity index (χ1n) is 10.0. The van der Waals surface area contributed by atoms with Crippen LogP contribution >= 0.6 is 12.4 Å². The minimum absolute atomic E-state index is 0. The summed E-state index contributed by atoms with van der Waals surface area (Å²) in [5.41, 5.74) is 2.05. The zero-order chi connectivity index (χ0) is 18.0. The summed E-state index contributed by atoms with van der Waals surface area (Å²) in [6.07, 6.45) is 6.17. The van der Waals surface area contributed by atoms with Crippen molar-refractivity contribution in [3.8, 4) is 0 Å². The van der Waals surface area contributed by atoms with E-state index in [-0.39, 0.29) is 29.6 Å². The van der Waals surface area contributed by atoms with Crippen LogP contribution in [-0.2, 0) is 22.7 Å². The molecule has 0 unspecified atom stereocenters. The molecule has 148 valence electrons. The van der Waals surface area contributed by atoms with Crippen LogP contribution < -0.4 is 10.6 Å². The van der Waals surface area contributed by atoms with Gasteiger partial charge in [-0.25, -0.2) is 0 Å². The Balaban J connectivity index is 0.00000210. The quantitative estimate of drug-likeness (QED) is 0.811. The van der Waals surface area contributed by atoms with Crippen LogP contribution in [0.3, 0.4) is 0 Å². The van der Waals surface area contributed by atoms with Gasteiger partial charge in [0.2, 0.25) is 11.8 Å². The van der Waals surface area contributed by atoms with Gasteiger partial charge in [0.15, 0.2) is 0 Å². The highest BCUT2D eigenvalue weighted by atomic mass is 35.5. The molecule has 3 aliphatic rings. The first kappa shape index (κ1) is 20.2. The maximum atomic E-state index is 13.1. The number of likely N-dealkylation sites (tertiary alicyclic amines) is 1. The van der Waals surface area contributed by atoms with E-state index in [0.29, 0.717) is 25.4 Å². The van der Waals surface area contributed by atoms with Crippen LogP contribution in [0.1, 0.15) is 49.7 Å². The van der Waals surface area contributed by atoms with E-state index in [4.69, 9.17) is 0 Å². The van der Waals surface area contributed by atoms with Crippen molar-refractivity contribution in [1.29, 1.82) is 0 Å². The van der Waals surface area contributed by atoms with Crippen molar-refractivity contribution in [3.05, 3.63) is 35.4 Å². The van der Waals surface area contributed by atoms with E-state index in [1.165, 1.54) is 6.42 Å². The van der Waals surface area contributed by atoms with Gasteiger partial charge in [-0.15, -0.1) is 12.4 Å². The van der Waals surface area contributed by atoms with Crippen LogP contribution in [0.25, 0.3) is 0 Å². The maximum Gasteiger partial charge on any atom is 0.228 e. The van der Waals surface area contributed by atoms with E-state index in [0.717, 1.165) is 56.4 Å². The number of halogens is 1. The average molecular weight is 392 g/mol. The lowest BCUT2D eigenvalue weighted by Gasteiger charge is -2.37. The Bertz CT molecular complexity index is 696. The number of nitrogens with zero attached hydrogens (tertiary/aromatic N) is 1. The van der Waals surface area contributed by atoms with Gasteiger partial charge < -0.3 is 15.5 Å². The van der Waals surface area contributed by atoms with Crippen LogP contribution in [-0.4, -0.2) is 36.3 Å². The summed E-state index contributed by atoms with van der Waals surface area (Å²) in [4.78, 5) is 26.9. The zero-order valence-corrected chi connectivity index (χ0v) is 16.7. The van der Waals surface area contributed by atoms with Gasteiger partial charge in [0.25, 0.3) is 0 Å². The minimum Gasteiger partial charge on any atom is -0.351 e. The number of carbonyl (C=O) groups is 2. The Morgan fingerprint density at radius 3 is 2.81 bits per heavy atom. The third kappa shape index (κ3) is 3.99. The molecule has 2 atom stereocenters. The molecule has 5 nitrogen and oxygen atoms in total. The molecule has 2 amide bonds. The number of carbonyl (C=O) groups excluding carboxylic acids is 2. The number of hydrogen-bond acceptors (Lipinski definition) is 3. The summed E-state index contributed by atoms with van der Waals surface area (Å²) in [7, 11) is 0. The first-order chi connectivity index (χ1) is 12.7. The normalized spacial score (nSPS) is 27.2. The molecule has 27 heavy (non-hydrogen) atoms. The molecule has 0 spiro atoms. The lowest BCUT2D eigenvalue weighted by molar-refractivity contribution is -0.134. The van der Waals surface area contributed by atoms with Gasteiger partial charge in [0.1, 0.15) is 0 Å². The molecule has 2 aliphatic heterocycles. The van der Waals surface area contributed by atoms with E-state index in [1.807, 2.05) is 17.0 Å². The molecule has 2 heterocycles. The fourth-order valence-electron chi connectivity index (χ4n) is 5.00. The molecule has 4 rings (SSSR count). The van der Waals surface area contributed by atoms with Crippen molar-refractivity contribution in [2.45, 2.75) is 51.6 Å². The second-order valence-corrected chi connectivity index (χ2v) is 8.10. The van der Waals surface area contributed by atoms with Gasteiger partial charge in [-0.3, -0.25) is 9.59 Å².